The van der Waals surface area contributed by atoms with Gasteiger partial charge in [-0.15, -0.1) is 11.3 Å². The number of nitrogens with two attached hydrogens (primary N) is 1. The van der Waals surface area contributed by atoms with E-state index in [-0.39, 0.29) is 106 Å². The summed E-state index contributed by atoms with van der Waals surface area (Å²) in [6.07, 6.45) is -2.51. The summed E-state index contributed by atoms with van der Waals surface area (Å²) in [4.78, 5) is 55.8. The molecular formula is C60H64F8N10O6S. The molecule has 7 atom stereocenters. The highest BCUT2D eigenvalue weighted by atomic mass is 32.1. The minimum Gasteiger partial charge on any atom is -0.462 e. The number of alkyl halides is 3. The Morgan fingerprint density at radius 3 is 2.29 bits per heavy atom. The van der Waals surface area contributed by atoms with Crippen LogP contribution in [-0.4, -0.2) is 131 Å². The van der Waals surface area contributed by atoms with E-state index in [0.29, 0.717) is 61.6 Å². The van der Waals surface area contributed by atoms with Gasteiger partial charge in [0, 0.05) is 92.2 Å². The fourth-order valence-electron chi connectivity index (χ4n) is 12.2. The van der Waals surface area contributed by atoms with Crippen LogP contribution >= 0.6 is 11.3 Å². The Morgan fingerprint density at radius 2 is 1.62 bits per heavy atom. The van der Waals surface area contributed by atoms with Crippen molar-refractivity contribution >= 4 is 60.9 Å². The summed E-state index contributed by atoms with van der Waals surface area (Å²) in [5.41, 5.74) is 2.18. The lowest BCUT2D eigenvalue weighted by Gasteiger charge is -2.35. The number of hydrogen-bond donors (Lipinski definition) is 5. The number of piperazine rings is 1. The Hall–Kier alpha value is -7.24. The summed E-state index contributed by atoms with van der Waals surface area (Å²) in [7, 11) is 0. The summed E-state index contributed by atoms with van der Waals surface area (Å²) in [6.45, 7) is 9.22. The molecule has 2 bridgehead atoms. The molecule has 0 radical (unpaired) electrons. The van der Waals surface area contributed by atoms with Gasteiger partial charge in [-0.3, -0.25) is 19.3 Å². The van der Waals surface area contributed by atoms with E-state index in [1.54, 1.807) is 39.8 Å². The third kappa shape index (κ3) is 12.8. The molecule has 10 rings (SSSR count). The number of likely N-dealkylation sites (tertiary alicyclic amines) is 2. The topological polar surface area (TPSA) is 211 Å². The number of amides is 3. The number of ether oxygens (including phenoxy) is 2. The van der Waals surface area contributed by atoms with Crippen molar-refractivity contribution in [2.75, 3.05) is 63.2 Å². The molecule has 4 fully saturated rings. The summed E-state index contributed by atoms with van der Waals surface area (Å²) < 4.78 is 133. The monoisotopic (exact) mass is 1200 g/mol. The highest BCUT2D eigenvalue weighted by Crippen LogP contribution is 2.48. The molecule has 6 heterocycles. The summed E-state index contributed by atoms with van der Waals surface area (Å²) >= 11 is 0.681. The number of nitrogens with one attached hydrogen (secondary N) is 3. The van der Waals surface area contributed by atoms with E-state index in [0.717, 1.165) is 43.9 Å². The molecule has 2 unspecified atom stereocenters. The van der Waals surface area contributed by atoms with Crippen molar-refractivity contribution in [3.8, 4) is 34.3 Å². The van der Waals surface area contributed by atoms with E-state index in [4.69, 9.17) is 15.2 Å². The van der Waals surface area contributed by atoms with Gasteiger partial charge < -0.3 is 46.1 Å². The average molecular weight is 1210 g/mol. The van der Waals surface area contributed by atoms with Gasteiger partial charge in [-0.2, -0.15) is 28.4 Å². The first kappa shape index (κ1) is 60.9. The second kappa shape index (κ2) is 24.6. The number of aliphatic hydroxyl groups excluding tert-OH is 1. The van der Waals surface area contributed by atoms with Gasteiger partial charge in [-0.1, -0.05) is 51.1 Å². The van der Waals surface area contributed by atoms with Crippen LogP contribution in [0.2, 0.25) is 0 Å². The maximum Gasteiger partial charge on any atom is 0.417 e. The SMILES string of the molecule is C[C@H](NC(=O)[C@@H]1C[C@@H](O)CN1C(=O)[C@@H](NC(=O)CCOCCCN1CCC[C@H]1COc1nc(N2CC3CCC(C2)N3)c2cc(C(F)(F)F)c(-c3ccc(F)c4sc(N)c(C#N)c34)c(F)c2n1)C(C)(C)C)c1ccc(-c2c(F)cc(F)cc2F)cc1. The second-order valence-corrected chi connectivity index (χ2v) is 24.4. The predicted octanol–water partition coefficient (Wildman–Crippen LogP) is 9.30. The number of halogens is 8. The zero-order valence-electron chi connectivity index (χ0n) is 47.0. The largest absolute Gasteiger partial charge is 0.462 e. The Morgan fingerprint density at radius 1 is 0.918 bits per heavy atom. The van der Waals surface area contributed by atoms with Crippen molar-refractivity contribution in [3.63, 3.8) is 0 Å². The summed E-state index contributed by atoms with van der Waals surface area (Å²) in [6, 6.07) is 8.60. The Bertz CT molecular complexity index is 3540. The van der Waals surface area contributed by atoms with Crippen LogP contribution in [0.5, 0.6) is 6.01 Å². The molecule has 85 heavy (non-hydrogen) atoms. The number of nitrogen functional groups attached to an aromatic ring is 1. The fraction of sp³-hybridized carbons (Fsp3) is 0.467. The maximum absolute atomic E-state index is 17.4. The van der Waals surface area contributed by atoms with E-state index in [1.807, 2.05) is 11.0 Å². The van der Waals surface area contributed by atoms with Crippen molar-refractivity contribution < 1.29 is 64.1 Å². The molecule has 25 heteroatoms. The van der Waals surface area contributed by atoms with E-state index < -0.39 is 105 Å². The van der Waals surface area contributed by atoms with E-state index >= 15 is 22.0 Å². The zero-order chi connectivity index (χ0) is 60.8. The zero-order valence-corrected chi connectivity index (χ0v) is 47.8. The van der Waals surface area contributed by atoms with Crippen molar-refractivity contribution in [1.29, 1.82) is 5.26 Å². The minimum absolute atomic E-state index is 0.0231. The smallest absolute Gasteiger partial charge is 0.417 e. The molecule has 16 nitrogen and oxygen atoms in total. The average Bonchev–Trinajstić information content (AvgIpc) is 1.80. The standard InChI is InChI=1S/C60H64F8N10O6S/c1-30(31-8-10-32(11-9-31)47-43(63)21-33(61)22-44(47)64)71-56(81)45-23-37(79)28-78(45)57(82)53(59(2,3)4)73-46(80)16-20-83-19-6-18-76-17-5-7-36(76)29-84-58-74-51-39(55(75-58)77-26-34-12-13-35(27-77)72-34)24-41(60(66,67)68)49(50(51)65)38-14-15-42(62)52-48(38)40(25-69)54(70)85-52/h8-11,14-15,21-22,24,30,34-37,45,53,72,79H,5-7,12-13,16-20,23,26-29,70H2,1-4H3,(H,71,81)(H,73,80)/t30-,34?,35?,36-,37+,45-,53+/m0/s1. The van der Waals surface area contributed by atoms with Gasteiger partial charge in [-0.05, 0) is 79.8 Å². The molecule has 4 aromatic carbocycles. The number of nitrogens with zero attached hydrogens (tertiary/aromatic N) is 6. The lowest BCUT2D eigenvalue weighted by Crippen LogP contribution is -2.58. The number of benzene rings is 4. The van der Waals surface area contributed by atoms with Crippen LogP contribution in [0.4, 0.5) is 45.9 Å². The van der Waals surface area contributed by atoms with E-state index in [9.17, 15) is 37.9 Å². The van der Waals surface area contributed by atoms with Crippen LogP contribution in [0, 0.1) is 45.8 Å². The number of β-amino-alcohol motifs (C(OH)–C–C–N with tert-alkyl or cyclic N) is 1. The number of carbonyl (C=O) groups is 3. The number of anilines is 2. The highest BCUT2D eigenvalue weighted by molar-refractivity contribution is 7.23. The first-order chi connectivity index (χ1) is 40.4. The van der Waals surface area contributed by atoms with Crippen LogP contribution < -0.4 is 31.3 Å². The van der Waals surface area contributed by atoms with Gasteiger partial charge >= 0.3 is 12.2 Å². The molecule has 6 aromatic rings. The molecule has 0 aliphatic carbocycles. The third-order valence-corrected chi connectivity index (χ3v) is 17.4. The Labute approximate surface area is 488 Å². The molecule has 4 aliphatic heterocycles. The molecule has 2 aromatic heterocycles. The van der Waals surface area contributed by atoms with Crippen LogP contribution in [-0.2, 0) is 25.3 Å². The van der Waals surface area contributed by atoms with Gasteiger partial charge in [0.1, 0.15) is 64.4 Å². The lowest BCUT2D eigenvalue weighted by atomic mass is 9.85. The summed E-state index contributed by atoms with van der Waals surface area (Å²) in [5, 5.41) is 29.3. The first-order valence-corrected chi connectivity index (χ1v) is 29.0. The Balaban J connectivity index is 0.752. The normalized spacial score (nSPS) is 20.7. The quantitative estimate of drug-likeness (QED) is 0.0402. The van der Waals surface area contributed by atoms with Gasteiger partial charge in [0.05, 0.1) is 40.1 Å². The number of fused-ring (bicyclic) bond motifs is 4. The number of aromatic nitrogens is 2. The Kier molecular flexibility index (Phi) is 17.6. The van der Waals surface area contributed by atoms with Crippen molar-refractivity contribution in [2.24, 2.45) is 5.41 Å². The van der Waals surface area contributed by atoms with Crippen LogP contribution in [0.3, 0.4) is 0 Å². The summed E-state index contributed by atoms with van der Waals surface area (Å²) in [5.74, 6) is -6.89. The van der Waals surface area contributed by atoms with Gasteiger partial charge in [0.2, 0.25) is 17.7 Å². The predicted molar refractivity (Wildman–Crippen MR) is 303 cm³/mol. The number of nitriles is 1. The molecule has 3 amide bonds. The maximum atomic E-state index is 17.4. The number of carbonyl (C=O) groups excluding carboxylic acids is 3. The molecule has 452 valence electrons. The molecule has 6 N–H and O–H groups in total. The number of hydrogen-bond acceptors (Lipinski definition) is 14. The molecule has 4 aliphatic rings. The van der Waals surface area contributed by atoms with E-state index in [2.05, 4.69) is 30.8 Å². The minimum atomic E-state index is -5.11. The lowest BCUT2D eigenvalue weighted by molar-refractivity contribution is -0.144. The van der Waals surface area contributed by atoms with Gasteiger partial charge in [0.25, 0.3) is 0 Å². The molecule has 4 saturated heterocycles. The van der Waals surface area contributed by atoms with E-state index in [1.165, 1.54) is 17.0 Å². The van der Waals surface area contributed by atoms with Gasteiger partial charge in [-0.25, -0.2) is 22.0 Å². The molecule has 0 spiro atoms. The number of aliphatic hydroxyl groups is 1. The third-order valence-electron chi connectivity index (χ3n) is 16.4. The highest BCUT2D eigenvalue weighted by Gasteiger charge is 2.45. The number of thiophene rings is 1. The molecular weight excluding hydrogens is 1140 g/mol. The van der Waals surface area contributed by atoms with Crippen LogP contribution in [0.1, 0.15) is 95.4 Å². The fourth-order valence-corrected chi connectivity index (χ4v) is 13.1. The van der Waals surface area contributed by atoms with Crippen molar-refractivity contribution in [1.82, 2.24) is 35.7 Å². The number of rotatable bonds is 18. The first-order valence-electron chi connectivity index (χ1n) is 28.2. The van der Waals surface area contributed by atoms with Gasteiger partial charge in [0.15, 0.2) is 5.82 Å². The van der Waals surface area contributed by atoms with Crippen molar-refractivity contribution in [2.45, 2.75) is 121 Å². The van der Waals surface area contributed by atoms with Crippen molar-refractivity contribution in [3.05, 3.63) is 100 Å². The van der Waals surface area contributed by atoms with Crippen LogP contribution in [0.15, 0.2) is 54.6 Å². The second-order valence-electron chi connectivity index (χ2n) is 23.4. The van der Waals surface area contributed by atoms with Crippen LogP contribution in [0.25, 0.3) is 43.2 Å². The molecule has 0 saturated carbocycles.